The van der Waals surface area contributed by atoms with Gasteiger partial charge in [0.25, 0.3) is 0 Å². The third-order valence-electron chi connectivity index (χ3n) is 1.26. The lowest BCUT2D eigenvalue weighted by atomic mass is 10.1. The standard InChI is InChI=1S/C9H13N/c1-3-5-7-9(8-10)6-4-2/h4,6H,2-3,5,7H2,1H3. The van der Waals surface area contributed by atoms with Crippen LogP contribution in [-0.2, 0) is 0 Å². The van der Waals surface area contributed by atoms with Gasteiger partial charge in [-0.05, 0) is 18.9 Å². The molecule has 1 heteroatoms. The molecular weight excluding hydrogens is 122 g/mol. The summed E-state index contributed by atoms with van der Waals surface area (Å²) < 4.78 is 0. The lowest BCUT2D eigenvalue weighted by Gasteiger charge is -1.92. The lowest BCUT2D eigenvalue weighted by Crippen LogP contribution is -1.77. The van der Waals surface area contributed by atoms with E-state index in [1.807, 2.05) is 0 Å². The van der Waals surface area contributed by atoms with Crippen LogP contribution in [0.4, 0.5) is 0 Å². The molecule has 0 N–H and O–H groups in total. The molecule has 0 amide bonds. The zero-order chi connectivity index (χ0) is 7.82. The summed E-state index contributed by atoms with van der Waals surface area (Å²) in [5, 5.41) is 8.52. The topological polar surface area (TPSA) is 23.8 Å². The van der Waals surface area contributed by atoms with Gasteiger partial charge in [-0.15, -0.1) is 0 Å². The summed E-state index contributed by atoms with van der Waals surface area (Å²) in [5.74, 6) is 0. The van der Waals surface area contributed by atoms with E-state index >= 15 is 0 Å². The molecule has 54 valence electrons. The predicted molar refractivity (Wildman–Crippen MR) is 43.4 cm³/mol. The van der Waals surface area contributed by atoms with E-state index in [-0.39, 0.29) is 0 Å². The van der Waals surface area contributed by atoms with Crippen LogP contribution in [0.1, 0.15) is 26.2 Å². The van der Waals surface area contributed by atoms with Crippen molar-refractivity contribution in [3.63, 3.8) is 0 Å². The maximum Gasteiger partial charge on any atom is 0.0947 e. The second kappa shape index (κ2) is 6.10. The third kappa shape index (κ3) is 3.91. The maximum atomic E-state index is 8.52. The Morgan fingerprint density at radius 2 is 2.40 bits per heavy atom. The zero-order valence-corrected chi connectivity index (χ0v) is 6.43. The van der Waals surface area contributed by atoms with Crippen LogP contribution in [0.5, 0.6) is 0 Å². The van der Waals surface area contributed by atoms with Crippen LogP contribution in [0.25, 0.3) is 0 Å². The molecule has 0 heterocycles. The van der Waals surface area contributed by atoms with Gasteiger partial charge >= 0.3 is 0 Å². The average Bonchev–Trinajstić information content (AvgIpc) is 1.98. The molecule has 0 aliphatic heterocycles. The van der Waals surface area contributed by atoms with Crippen molar-refractivity contribution in [2.45, 2.75) is 26.2 Å². The van der Waals surface area contributed by atoms with Crippen molar-refractivity contribution in [2.75, 3.05) is 0 Å². The summed E-state index contributed by atoms with van der Waals surface area (Å²) in [6.07, 6.45) is 6.55. The smallest absolute Gasteiger partial charge is 0.0947 e. The van der Waals surface area contributed by atoms with Gasteiger partial charge in [0.2, 0.25) is 0 Å². The van der Waals surface area contributed by atoms with Gasteiger partial charge in [0.1, 0.15) is 0 Å². The first-order valence-electron chi connectivity index (χ1n) is 3.56. The van der Waals surface area contributed by atoms with E-state index in [0.717, 1.165) is 24.8 Å². The molecule has 0 bridgehead atoms. The van der Waals surface area contributed by atoms with Crippen LogP contribution in [0, 0.1) is 11.3 Å². The van der Waals surface area contributed by atoms with Gasteiger partial charge in [-0.25, -0.2) is 0 Å². The molecule has 10 heavy (non-hydrogen) atoms. The maximum absolute atomic E-state index is 8.52. The Kier molecular flexibility index (Phi) is 5.47. The molecule has 0 saturated carbocycles. The Balaban J connectivity index is 3.74. The van der Waals surface area contributed by atoms with Gasteiger partial charge in [0.05, 0.1) is 6.07 Å². The first-order valence-corrected chi connectivity index (χ1v) is 3.56. The van der Waals surface area contributed by atoms with Gasteiger partial charge in [-0.1, -0.05) is 26.0 Å². The van der Waals surface area contributed by atoms with Crippen molar-refractivity contribution in [2.24, 2.45) is 0 Å². The van der Waals surface area contributed by atoms with E-state index in [1.54, 1.807) is 12.2 Å². The van der Waals surface area contributed by atoms with Crippen LogP contribution in [-0.4, -0.2) is 0 Å². The summed E-state index contributed by atoms with van der Waals surface area (Å²) in [7, 11) is 0. The zero-order valence-electron chi connectivity index (χ0n) is 6.43. The van der Waals surface area contributed by atoms with E-state index in [9.17, 15) is 0 Å². The van der Waals surface area contributed by atoms with Gasteiger partial charge in [-0.2, -0.15) is 5.26 Å². The van der Waals surface area contributed by atoms with Gasteiger partial charge in [0.15, 0.2) is 0 Å². The van der Waals surface area contributed by atoms with Gasteiger partial charge in [-0.3, -0.25) is 0 Å². The van der Waals surface area contributed by atoms with Crippen LogP contribution < -0.4 is 0 Å². The summed E-state index contributed by atoms with van der Waals surface area (Å²) in [6.45, 7) is 5.64. The van der Waals surface area contributed by atoms with Crippen LogP contribution in [0.15, 0.2) is 24.3 Å². The van der Waals surface area contributed by atoms with Gasteiger partial charge in [0, 0.05) is 5.57 Å². The van der Waals surface area contributed by atoms with Crippen LogP contribution >= 0.6 is 0 Å². The summed E-state index contributed by atoms with van der Waals surface area (Å²) in [4.78, 5) is 0. The number of rotatable bonds is 4. The third-order valence-corrected chi connectivity index (χ3v) is 1.26. The first kappa shape index (κ1) is 8.97. The quantitative estimate of drug-likeness (QED) is 0.429. The largest absolute Gasteiger partial charge is 0.193 e. The first-order chi connectivity index (χ1) is 4.85. The number of hydrogen-bond acceptors (Lipinski definition) is 1. The molecule has 0 saturated heterocycles. The normalized spacial score (nSPS) is 10.6. The Bertz CT molecular complexity index is 160. The minimum Gasteiger partial charge on any atom is -0.193 e. The van der Waals surface area contributed by atoms with E-state index < -0.39 is 0 Å². The molecule has 0 radical (unpaired) electrons. The molecule has 0 aromatic heterocycles. The second-order valence-electron chi connectivity index (χ2n) is 2.14. The fraction of sp³-hybridized carbons (Fsp3) is 0.444. The minimum absolute atomic E-state index is 0.830. The molecule has 1 nitrogen and oxygen atoms in total. The fourth-order valence-corrected chi connectivity index (χ4v) is 0.686. The number of allylic oxidation sites excluding steroid dienone is 3. The molecule has 0 aliphatic carbocycles. The highest BCUT2D eigenvalue weighted by molar-refractivity contribution is 5.24. The monoisotopic (exact) mass is 135 g/mol. The highest BCUT2D eigenvalue weighted by Crippen LogP contribution is 2.05. The average molecular weight is 135 g/mol. The Hall–Kier alpha value is -1.03. The highest BCUT2D eigenvalue weighted by atomic mass is 14.2. The predicted octanol–water partition coefficient (Wildman–Crippen LogP) is 2.81. The number of nitriles is 1. The Morgan fingerprint density at radius 1 is 1.70 bits per heavy atom. The van der Waals surface area contributed by atoms with E-state index in [0.29, 0.717) is 0 Å². The van der Waals surface area contributed by atoms with Crippen molar-refractivity contribution >= 4 is 0 Å². The summed E-state index contributed by atoms with van der Waals surface area (Å²) >= 11 is 0. The molecule has 0 spiro atoms. The fourth-order valence-electron chi connectivity index (χ4n) is 0.686. The number of hydrogen-bond donors (Lipinski definition) is 0. The molecular formula is C9H13N. The van der Waals surface area contributed by atoms with Crippen molar-refractivity contribution in [1.29, 1.82) is 5.26 Å². The summed E-state index contributed by atoms with van der Waals surface area (Å²) in [6, 6.07) is 2.13. The molecule has 0 fully saturated rings. The van der Waals surface area contributed by atoms with Crippen LogP contribution in [0.3, 0.4) is 0 Å². The molecule has 0 rings (SSSR count). The van der Waals surface area contributed by atoms with Gasteiger partial charge < -0.3 is 0 Å². The van der Waals surface area contributed by atoms with Crippen molar-refractivity contribution < 1.29 is 0 Å². The molecule has 0 unspecified atom stereocenters. The van der Waals surface area contributed by atoms with Crippen molar-refractivity contribution in [3.8, 4) is 6.07 Å². The number of unbranched alkanes of at least 4 members (excludes halogenated alkanes) is 1. The van der Waals surface area contributed by atoms with E-state index in [4.69, 9.17) is 5.26 Å². The molecule has 0 atom stereocenters. The summed E-state index contributed by atoms with van der Waals surface area (Å²) in [5.41, 5.74) is 0.830. The van der Waals surface area contributed by atoms with Crippen LogP contribution in [0.2, 0.25) is 0 Å². The molecule has 0 aliphatic rings. The lowest BCUT2D eigenvalue weighted by molar-refractivity contribution is 0.799. The molecule has 0 aromatic rings. The SMILES string of the molecule is C=CC=C(C#N)CCCC. The Labute approximate surface area is 62.7 Å². The van der Waals surface area contributed by atoms with Crippen molar-refractivity contribution in [3.05, 3.63) is 24.3 Å². The second-order valence-corrected chi connectivity index (χ2v) is 2.14. The van der Waals surface area contributed by atoms with Crippen molar-refractivity contribution in [1.82, 2.24) is 0 Å². The highest BCUT2D eigenvalue weighted by Gasteiger charge is 1.90. The molecule has 0 aromatic carbocycles. The minimum atomic E-state index is 0.830. The number of nitrogens with zero attached hydrogens (tertiary/aromatic N) is 1. The van der Waals surface area contributed by atoms with E-state index in [1.165, 1.54) is 0 Å². The Morgan fingerprint density at radius 3 is 2.80 bits per heavy atom. The van der Waals surface area contributed by atoms with E-state index in [2.05, 4.69) is 19.6 Å².